The fourth-order valence-electron chi connectivity index (χ4n) is 3.56. The third kappa shape index (κ3) is 4.38. The number of nitrogens with two attached hydrogens (primary N) is 1. The maximum Gasteiger partial charge on any atom is 0.222 e. The van der Waals surface area contributed by atoms with Crippen molar-refractivity contribution in [3.05, 3.63) is 59.9 Å². The van der Waals surface area contributed by atoms with Gasteiger partial charge in [-0.25, -0.2) is 9.38 Å². The van der Waals surface area contributed by atoms with Crippen molar-refractivity contribution in [2.24, 2.45) is 15.7 Å². The average molecular weight is 410 g/mol. The summed E-state index contributed by atoms with van der Waals surface area (Å²) in [5.41, 5.74) is 8.86. The first-order valence-electron chi connectivity index (χ1n) is 10.2. The van der Waals surface area contributed by atoms with Crippen molar-refractivity contribution in [1.82, 2.24) is 4.90 Å². The number of morpholine rings is 1. The molecule has 2 aromatic rings. The van der Waals surface area contributed by atoms with Crippen molar-refractivity contribution in [1.29, 1.82) is 0 Å². The zero-order valence-electron chi connectivity index (χ0n) is 17.3. The van der Waals surface area contributed by atoms with Crippen LogP contribution in [0, 0.1) is 5.82 Å². The van der Waals surface area contributed by atoms with Crippen LogP contribution in [0.25, 0.3) is 0 Å². The highest BCUT2D eigenvalue weighted by Crippen LogP contribution is 2.26. The molecule has 4 rings (SSSR count). The second-order valence-corrected chi connectivity index (χ2v) is 7.64. The number of guanidine groups is 2. The highest BCUT2D eigenvalue weighted by Gasteiger charge is 2.32. The van der Waals surface area contributed by atoms with E-state index in [1.165, 1.54) is 17.7 Å². The number of aliphatic imine (C=N–C) groups is 2. The molecule has 0 aromatic heterocycles. The third-order valence-electron chi connectivity index (χ3n) is 5.18. The van der Waals surface area contributed by atoms with Gasteiger partial charge in [-0.3, -0.25) is 4.90 Å². The number of nitrogens with zero attached hydrogens (tertiary/aromatic N) is 4. The van der Waals surface area contributed by atoms with Crippen molar-refractivity contribution >= 4 is 23.3 Å². The summed E-state index contributed by atoms with van der Waals surface area (Å²) in [6.45, 7) is 6.99. The molecule has 2 aromatic carbocycles. The fourth-order valence-corrected chi connectivity index (χ4v) is 3.56. The number of anilines is 2. The zero-order chi connectivity index (χ0) is 21.1. The van der Waals surface area contributed by atoms with Gasteiger partial charge in [-0.1, -0.05) is 32.0 Å². The first-order chi connectivity index (χ1) is 14.5. The van der Waals surface area contributed by atoms with Gasteiger partial charge >= 0.3 is 0 Å². The zero-order valence-corrected chi connectivity index (χ0v) is 17.3. The predicted octanol–water partition coefficient (Wildman–Crippen LogP) is 3.17. The number of benzene rings is 2. The van der Waals surface area contributed by atoms with Crippen LogP contribution in [0.4, 0.5) is 15.8 Å². The minimum Gasteiger partial charge on any atom is -0.378 e. The van der Waals surface area contributed by atoms with Gasteiger partial charge in [0.1, 0.15) is 5.82 Å². The summed E-state index contributed by atoms with van der Waals surface area (Å²) in [6, 6.07) is 14.6. The highest BCUT2D eigenvalue weighted by molar-refractivity contribution is 6.06. The molecule has 0 amide bonds. The molecule has 1 unspecified atom stereocenters. The Hall–Kier alpha value is -3.13. The molecule has 0 radical (unpaired) electrons. The van der Waals surface area contributed by atoms with E-state index in [1.54, 1.807) is 12.1 Å². The first-order valence-corrected chi connectivity index (χ1v) is 10.2. The largest absolute Gasteiger partial charge is 0.378 e. The van der Waals surface area contributed by atoms with E-state index in [4.69, 9.17) is 10.5 Å². The predicted molar refractivity (Wildman–Crippen MR) is 118 cm³/mol. The van der Waals surface area contributed by atoms with Gasteiger partial charge < -0.3 is 20.7 Å². The molecule has 8 heteroatoms. The molecule has 0 saturated carbocycles. The van der Waals surface area contributed by atoms with Gasteiger partial charge in [-0.15, -0.1) is 0 Å². The lowest BCUT2D eigenvalue weighted by Crippen LogP contribution is -2.57. The Morgan fingerprint density at radius 3 is 2.53 bits per heavy atom. The number of hydrogen-bond acceptors (Lipinski definition) is 7. The first kappa shape index (κ1) is 20.2. The lowest BCUT2D eigenvalue weighted by molar-refractivity contribution is 0.0671. The molecule has 1 fully saturated rings. The summed E-state index contributed by atoms with van der Waals surface area (Å²) < 4.78 is 19.2. The molecule has 158 valence electrons. The minimum absolute atomic E-state index is 0.181. The van der Waals surface area contributed by atoms with E-state index in [1.807, 2.05) is 4.90 Å². The molecule has 0 spiro atoms. The maximum atomic E-state index is 13.7. The van der Waals surface area contributed by atoms with Crippen LogP contribution in [0.15, 0.2) is 58.5 Å². The van der Waals surface area contributed by atoms with Crippen molar-refractivity contribution in [2.45, 2.75) is 26.1 Å². The highest BCUT2D eigenvalue weighted by atomic mass is 19.1. The smallest absolute Gasteiger partial charge is 0.222 e. The van der Waals surface area contributed by atoms with Gasteiger partial charge in [0.2, 0.25) is 18.2 Å². The van der Waals surface area contributed by atoms with E-state index in [0.717, 1.165) is 5.69 Å². The lowest BCUT2D eigenvalue weighted by Gasteiger charge is -2.41. The molecule has 1 saturated heterocycles. The van der Waals surface area contributed by atoms with E-state index in [0.29, 0.717) is 43.9 Å². The Kier molecular flexibility index (Phi) is 5.85. The summed E-state index contributed by atoms with van der Waals surface area (Å²) in [5, 5.41) is 3.29. The van der Waals surface area contributed by atoms with Gasteiger partial charge in [0.15, 0.2) is 0 Å². The van der Waals surface area contributed by atoms with Crippen molar-refractivity contribution in [3.63, 3.8) is 0 Å². The molecule has 2 aliphatic rings. The monoisotopic (exact) mass is 410 g/mol. The van der Waals surface area contributed by atoms with Crippen LogP contribution in [0.3, 0.4) is 0 Å². The Bertz CT molecular complexity index is 937. The summed E-state index contributed by atoms with van der Waals surface area (Å²) in [4.78, 5) is 13.2. The van der Waals surface area contributed by atoms with E-state index in [9.17, 15) is 4.39 Å². The summed E-state index contributed by atoms with van der Waals surface area (Å²) in [6.07, 6.45) is -0.563. The van der Waals surface area contributed by atoms with Crippen LogP contribution in [0.1, 0.15) is 25.3 Å². The number of rotatable bonds is 4. The quantitative estimate of drug-likeness (QED) is 0.810. The Morgan fingerprint density at radius 2 is 1.87 bits per heavy atom. The molecule has 7 nitrogen and oxygen atoms in total. The van der Waals surface area contributed by atoms with Gasteiger partial charge in [0.25, 0.3) is 0 Å². The molecule has 2 heterocycles. The van der Waals surface area contributed by atoms with E-state index < -0.39 is 6.29 Å². The van der Waals surface area contributed by atoms with Gasteiger partial charge in [-0.05, 0) is 41.8 Å². The Labute approximate surface area is 176 Å². The van der Waals surface area contributed by atoms with Crippen LogP contribution in [-0.4, -0.2) is 49.4 Å². The SMILES string of the molecule is CC(C)c1ccc(N2C(N3CCOCC3)=NC(N)=NC2Nc2cccc(F)c2)cc1. The minimum atomic E-state index is -0.563. The van der Waals surface area contributed by atoms with Gasteiger partial charge in [0, 0.05) is 24.5 Å². The van der Waals surface area contributed by atoms with Crippen LogP contribution < -0.4 is 16.0 Å². The number of ether oxygens (including phenoxy) is 1. The molecule has 3 N–H and O–H groups in total. The van der Waals surface area contributed by atoms with E-state index >= 15 is 0 Å². The molecular formula is C22H27FN6O. The van der Waals surface area contributed by atoms with Crippen molar-refractivity contribution in [2.75, 3.05) is 36.5 Å². The molecule has 0 bridgehead atoms. The summed E-state index contributed by atoms with van der Waals surface area (Å²) in [5.74, 6) is 1.00. The second kappa shape index (κ2) is 8.71. The average Bonchev–Trinajstić information content (AvgIpc) is 2.74. The summed E-state index contributed by atoms with van der Waals surface area (Å²) in [7, 11) is 0. The van der Waals surface area contributed by atoms with Gasteiger partial charge in [0.05, 0.1) is 13.2 Å². The topological polar surface area (TPSA) is 78.5 Å². The summed E-state index contributed by atoms with van der Waals surface area (Å²) >= 11 is 0. The van der Waals surface area contributed by atoms with Crippen LogP contribution >= 0.6 is 0 Å². The van der Waals surface area contributed by atoms with Crippen molar-refractivity contribution in [3.8, 4) is 0 Å². The van der Waals surface area contributed by atoms with Crippen LogP contribution in [0.2, 0.25) is 0 Å². The normalized spacial score (nSPS) is 19.5. The lowest BCUT2D eigenvalue weighted by atomic mass is 10.0. The van der Waals surface area contributed by atoms with E-state index in [-0.39, 0.29) is 11.8 Å². The number of hydrogen-bond donors (Lipinski definition) is 2. The standard InChI is InChI=1S/C22H27FN6O/c1-15(2)16-6-8-19(9-7-16)29-21(25-18-5-3-4-17(23)14-18)26-20(24)27-22(29)28-10-12-30-13-11-28/h3-9,14-15,21,25H,10-13H2,1-2H3,(H2,24,26). The Morgan fingerprint density at radius 1 is 1.13 bits per heavy atom. The fraction of sp³-hybridized carbons (Fsp3) is 0.364. The van der Waals surface area contributed by atoms with Crippen LogP contribution in [0.5, 0.6) is 0 Å². The molecule has 30 heavy (non-hydrogen) atoms. The van der Waals surface area contributed by atoms with E-state index in [2.05, 4.69) is 58.3 Å². The number of halogens is 1. The van der Waals surface area contributed by atoms with Crippen LogP contribution in [-0.2, 0) is 4.74 Å². The number of nitrogens with one attached hydrogen (secondary N) is 1. The van der Waals surface area contributed by atoms with Crippen molar-refractivity contribution < 1.29 is 9.13 Å². The molecule has 1 atom stereocenters. The Balaban J connectivity index is 1.71. The molecule has 0 aliphatic carbocycles. The maximum absolute atomic E-state index is 13.7. The third-order valence-corrected chi connectivity index (χ3v) is 5.18. The molecule has 2 aliphatic heterocycles. The molecular weight excluding hydrogens is 383 g/mol. The second-order valence-electron chi connectivity index (χ2n) is 7.64. The van der Waals surface area contributed by atoms with Gasteiger partial charge in [-0.2, -0.15) is 4.99 Å².